The van der Waals surface area contributed by atoms with Crippen molar-refractivity contribution in [3.8, 4) is 0 Å². The first-order valence-corrected chi connectivity index (χ1v) is 6.12. The lowest BCUT2D eigenvalue weighted by Crippen LogP contribution is -2.19. The topological polar surface area (TPSA) is 29.9 Å². The molecular weight excluding hydrogens is 248 g/mol. The van der Waals surface area contributed by atoms with Crippen molar-refractivity contribution in [2.24, 2.45) is 7.05 Å². The largest absolute Gasteiger partial charge is 0.313 e. The molecular formula is C14H17F2N3. The lowest BCUT2D eigenvalue weighted by Gasteiger charge is -2.15. The highest BCUT2D eigenvalue weighted by molar-refractivity contribution is 5.25. The van der Waals surface area contributed by atoms with E-state index in [4.69, 9.17) is 0 Å². The van der Waals surface area contributed by atoms with Crippen LogP contribution in [0.15, 0.2) is 24.4 Å². The summed E-state index contributed by atoms with van der Waals surface area (Å²) in [6.07, 6.45) is 2.43. The first-order valence-electron chi connectivity index (χ1n) is 6.12. The summed E-state index contributed by atoms with van der Waals surface area (Å²) in [4.78, 5) is 0. The minimum atomic E-state index is -0.548. The number of aromatic nitrogens is 2. The van der Waals surface area contributed by atoms with Crippen molar-refractivity contribution in [2.75, 3.05) is 7.05 Å². The molecule has 0 spiro atoms. The zero-order valence-electron chi connectivity index (χ0n) is 11.2. The van der Waals surface area contributed by atoms with E-state index in [1.807, 2.05) is 27.2 Å². The van der Waals surface area contributed by atoms with E-state index in [-0.39, 0.29) is 6.04 Å². The molecule has 3 nitrogen and oxygen atoms in total. The van der Waals surface area contributed by atoms with Crippen LogP contribution in [0.5, 0.6) is 0 Å². The van der Waals surface area contributed by atoms with Gasteiger partial charge in [0.1, 0.15) is 11.6 Å². The predicted molar refractivity (Wildman–Crippen MR) is 69.8 cm³/mol. The van der Waals surface area contributed by atoms with Crippen LogP contribution in [0, 0.1) is 18.6 Å². The molecule has 1 N–H and O–H groups in total. The Morgan fingerprint density at radius 3 is 2.37 bits per heavy atom. The Kier molecular flexibility index (Phi) is 3.95. The number of nitrogens with one attached hydrogen (secondary N) is 1. The summed E-state index contributed by atoms with van der Waals surface area (Å²) < 4.78 is 28.1. The number of hydrogen-bond donors (Lipinski definition) is 1. The van der Waals surface area contributed by atoms with E-state index in [2.05, 4.69) is 10.4 Å². The second-order valence-corrected chi connectivity index (χ2v) is 4.67. The molecule has 0 saturated carbocycles. The van der Waals surface area contributed by atoms with Crippen molar-refractivity contribution in [2.45, 2.75) is 19.4 Å². The first-order chi connectivity index (χ1) is 8.99. The molecule has 1 aromatic carbocycles. The number of hydrogen-bond acceptors (Lipinski definition) is 2. The first kappa shape index (κ1) is 13.7. The third kappa shape index (κ3) is 3.17. The van der Waals surface area contributed by atoms with E-state index in [0.29, 0.717) is 12.0 Å². The van der Waals surface area contributed by atoms with Gasteiger partial charge in [-0.1, -0.05) is 0 Å². The molecule has 0 radical (unpaired) electrons. The molecule has 0 amide bonds. The minimum absolute atomic E-state index is 0.0186. The van der Waals surface area contributed by atoms with E-state index in [1.165, 1.54) is 12.1 Å². The van der Waals surface area contributed by atoms with Crippen molar-refractivity contribution in [3.63, 3.8) is 0 Å². The maximum atomic E-state index is 13.2. The Morgan fingerprint density at radius 1 is 1.26 bits per heavy atom. The summed E-state index contributed by atoms with van der Waals surface area (Å²) in [6.45, 7) is 1.92. The van der Waals surface area contributed by atoms with Gasteiger partial charge in [0.05, 0.1) is 5.69 Å². The van der Waals surface area contributed by atoms with Gasteiger partial charge in [-0.15, -0.1) is 0 Å². The average Bonchev–Trinajstić information content (AvgIpc) is 2.64. The zero-order chi connectivity index (χ0) is 14.0. The molecule has 0 saturated heterocycles. The molecule has 0 aliphatic heterocycles. The van der Waals surface area contributed by atoms with Gasteiger partial charge in [0.25, 0.3) is 0 Å². The summed E-state index contributed by atoms with van der Waals surface area (Å²) in [5, 5.41) is 7.45. The Bertz CT molecular complexity index is 558. The number of benzene rings is 1. The number of aryl methyl sites for hydroxylation is 2. The van der Waals surface area contributed by atoms with Crippen LogP contribution in [-0.4, -0.2) is 16.8 Å². The van der Waals surface area contributed by atoms with Gasteiger partial charge in [-0.3, -0.25) is 4.68 Å². The highest BCUT2D eigenvalue weighted by Crippen LogP contribution is 2.21. The summed E-state index contributed by atoms with van der Waals surface area (Å²) in [5.41, 5.74) is 2.58. The van der Waals surface area contributed by atoms with E-state index < -0.39 is 11.6 Å². The van der Waals surface area contributed by atoms with Gasteiger partial charge in [-0.25, -0.2) is 8.78 Å². The van der Waals surface area contributed by atoms with Crippen LogP contribution in [-0.2, 0) is 13.5 Å². The second kappa shape index (κ2) is 5.48. The second-order valence-electron chi connectivity index (χ2n) is 4.67. The van der Waals surface area contributed by atoms with Crippen molar-refractivity contribution in [1.29, 1.82) is 0 Å². The average molecular weight is 265 g/mol. The molecule has 0 aliphatic carbocycles. The molecule has 0 aliphatic rings. The van der Waals surface area contributed by atoms with Gasteiger partial charge in [0.2, 0.25) is 0 Å². The molecule has 19 heavy (non-hydrogen) atoms. The standard InChI is InChI=1S/C14H17F2N3/c1-9-13(8-19(3)18-9)14(17-2)6-10-4-11(15)7-12(16)5-10/h4-5,7-8,14,17H,6H2,1-3H3. The number of rotatable bonds is 4. The van der Waals surface area contributed by atoms with Crippen molar-refractivity contribution < 1.29 is 8.78 Å². The lowest BCUT2D eigenvalue weighted by atomic mass is 9.99. The van der Waals surface area contributed by atoms with Gasteiger partial charge >= 0.3 is 0 Å². The van der Waals surface area contributed by atoms with Crippen LogP contribution >= 0.6 is 0 Å². The van der Waals surface area contributed by atoms with E-state index in [1.54, 1.807) is 4.68 Å². The quantitative estimate of drug-likeness (QED) is 0.920. The maximum absolute atomic E-state index is 13.2. The zero-order valence-corrected chi connectivity index (χ0v) is 11.2. The molecule has 1 atom stereocenters. The van der Waals surface area contributed by atoms with Crippen LogP contribution in [0.3, 0.4) is 0 Å². The van der Waals surface area contributed by atoms with Gasteiger partial charge in [0, 0.05) is 30.9 Å². The van der Waals surface area contributed by atoms with Gasteiger partial charge in [0.15, 0.2) is 0 Å². The SMILES string of the molecule is CNC(Cc1cc(F)cc(F)c1)c1cn(C)nc1C. The fourth-order valence-electron chi connectivity index (χ4n) is 2.29. The van der Waals surface area contributed by atoms with Crippen LogP contribution in [0.4, 0.5) is 8.78 Å². The minimum Gasteiger partial charge on any atom is -0.313 e. The fourth-order valence-corrected chi connectivity index (χ4v) is 2.29. The molecule has 2 rings (SSSR count). The Hall–Kier alpha value is -1.75. The number of halogens is 2. The predicted octanol–water partition coefficient (Wildman–Crippen LogP) is 2.51. The Morgan fingerprint density at radius 2 is 1.89 bits per heavy atom. The summed E-state index contributed by atoms with van der Waals surface area (Å²) in [5.74, 6) is -1.10. The van der Waals surface area contributed by atoms with E-state index in [0.717, 1.165) is 17.3 Å². The molecule has 2 aromatic rings. The third-order valence-corrected chi connectivity index (χ3v) is 3.14. The Labute approximate surface area is 111 Å². The van der Waals surface area contributed by atoms with Crippen LogP contribution in [0.25, 0.3) is 0 Å². The normalized spacial score (nSPS) is 12.7. The summed E-state index contributed by atoms with van der Waals surface area (Å²) in [7, 11) is 3.68. The molecule has 0 bridgehead atoms. The highest BCUT2D eigenvalue weighted by Gasteiger charge is 2.16. The van der Waals surface area contributed by atoms with Crippen molar-refractivity contribution in [3.05, 3.63) is 52.9 Å². The molecule has 102 valence electrons. The van der Waals surface area contributed by atoms with Crippen LogP contribution in [0.2, 0.25) is 0 Å². The van der Waals surface area contributed by atoms with Crippen molar-refractivity contribution >= 4 is 0 Å². The molecule has 0 fully saturated rings. The van der Waals surface area contributed by atoms with Gasteiger partial charge < -0.3 is 5.32 Å². The van der Waals surface area contributed by atoms with Crippen LogP contribution < -0.4 is 5.32 Å². The van der Waals surface area contributed by atoms with E-state index in [9.17, 15) is 8.78 Å². The summed E-state index contributed by atoms with van der Waals surface area (Å²) in [6, 6.07) is 3.58. The monoisotopic (exact) mass is 265 g/mol. The van der Waals surface area contributed by atoms with Crippen LogP contribution in [0.1, 0.15) is 22.9 Å². The van der Waals surface area contributed by atoms with E-state index >= 15 is 0 Å². The Balaban J connectivity index is 2.26. The maximum Gasteiger partial charge on any atom is 0.126 e. The molecule has 1 unspecified atom stereocenters. The number of nitrogens with zero attached hydrogens (tertiary/aromatic N) is 2. The summed E-state index contributed by atoms with van der Waals surface area (Å²) >= 11 is 0. The van der Waals surface area contributed by atoms with Crippen molar-refractivity contribution in [1.82, 2.24) is 15.1 Å². The van der Waals surface area contributed by atoms with Gasteiger partial charge in [-0.2, -0.15) is 5.10 Å². The third-order valence-electron chi connectivity index (χ3n) is 3.14. The fraction of sp³-hybridized carbons (Fsp3) is 0.357. The highest BCUT2D eigenvalue weighted by atomic mass is 19.1. The molecule has 1 heterocycles. The smallest absolute Gasteiger partial charge is 0.126 e. The molecule has 1 aromatic heterocycles. The number of likely N-dealkylation sites (N-methyl/N-ethyl adjacent to an activating group) is 1. The van der Waals surface area contributed by atoms with Gasteiger partial charge in [-0.05, 0) is 38.1 Å². The molecule has 5 heteroatoms. The lowest BCUT2D eigenvalue weighted by molar-refractivity contribution is 0.561.